The average molecular weight is 362 g/mol. The summed E-state index contributed by atoms with van der Waals surface area (Å²) in [5.41, 5.74) is 3.82. The number of anilines is 1. The highest BCUT2D eigenvalue weighted by Gasteiger charge is 2.20. The second-order valence-corrected chi connectivity index (χ2v) is 8.05. The average Bonchev–Trinajstić information content (AvgIpc) is 2.61. The van der Waals surface area contributed by atoms with E-state index < -0.39 is 10.0 Å². The summed E-state index contributed by atoms with van der Waals surface area (Å²) < 4.78 is 29.0. The zero-order valence-electron chi connectivity index (χ0n) is 14.5. The third-order valence-corrected chi connectivity index (χ3v) is 5.95. The Balaban J connectivity index is 1.95. The van der Waals surface area contributed by atoms with Gasteiger partial charge in [0, 0.05) is 10.8 Å². The molecule has 0 saturated carbocycles. The predicted molar refractivity (Wildman–Crippen MR) is 106 cm³/mol. The number of hydrogen-bond acceptors (Lipinski definition) is 3. The molecule has 130 valence electrons. The fourth-order valence-corrected chi connectivity index (χ4v) is 4.57. The van der Waals surface area contributed by atoms with Gasteiger partial charge >= 0.3 is 0 Å². The van der Waals surface area contributed by atoms with E-state index in [9.17, 15) is 8.42 Å². The molecule has 26 heavy (non-hydrogen) atoms. The minimum Gasteiger partial charge on any atom is -0.278 e. The van der Waals surface area contributed by atoms with Crippen molar-refractivity contribution in [3.05, 3.63) is 77.9 Å². The van der Waals surface area contributed by atoms with Crippen molar-refractivity contribution in [2.24, 2.45) is 0 Å². The quantitative estimate of drug-likeness (QED) is 0.532. The maximum atomic E-state index is 13.1. The van der Waals surface area contributed by atoms with E-state index in [-0.39, 0.29) is 4.90 Å². The van der Waals surface area contributed by atoms with Crippen molar-refractivity contribution in [1.82, 2.24) is 4.98 Å². The molecular formula is C21H18N2O2S. The van der Waals surface area contributed by atoms with Crippen LogP contribution in [0, 0.1) is 13.8 Å². The van der Waals surface area contributed by atoms with E-state index in [0.717, 1.165) is 32.9 Å². The lowest BCUT2D eigenvalue weighted by Gasteiger charge is -2.15. The summed E-state index contributed by atoms with van der Waals surface area (Å²) in [4.78, 5) is 4.92. The Labute approximate surface area is 152 Å². The summed E-state index contributed by atoms with van der Waals surface area (Å²) in [6.45, 7) is 3.75. The molecule has 1 heterocycles. The molecule has 1 aromatic heterocycles. The number of benzene rings is 3. The van der Waals surface area contributed by atoms with E-state index in [1.165, 1.54) is 0 Å². The maximum absolute atomic E-state index is 13.1. The summed E-state index contributed by atoms with van der Waals surface area (Å²) in [6, 6.07) is 20.4. The number of fused-ring (bicyclic) bond motifs is 2. The molecule has 3 aromatic carbocycles. The van der Waals surface area contributed by atoms with E-state index in [2.05, 4.69) is 9.71 Å². The van der Waals surface area contributed by atoms with Gasteiger partial charge in [-0.1, -0.05) is 54.1 Å². The highest BCUT2D eigenvalue weighted by atomic mass is 32.2. The molecule has 4 nitrogen and oxygen atoms in total. The molecule has 0 saturated heterocycles. The van der Waals surface area contributed by atoms with Gasteiger partial charge in [-0.25, -0.2) is 13.4 Å². The van der Waals surface area contributed by atoms with Crippen LogP contribution in [0.1, 0.15) is 11.1 Å². The third kappa shape index (κ3) is 2.80. The molecule has 0 spiro atoms. The first-order chi connectivity index (χ1) is 12.5. The van der Waals surface area contributed by atoms with Gasteiger partial charge < -0.3 is 0 Å². The van der Waals surface area contributed by atoms with Crippen LogP contribution in [0.5, 0.6) is 0 Å². The zero-order chi connectivity index (χ0) is 18.3. The fourth-order valence-electron chi connectivity index (χ4n) is 3.24. The van der Waals surface area contributed by atoms with Crippen molar-refractivity contribution in [2.75, 3.05) is 4.72 Å². The molecule has 0 aliphatic rings. The minimum absolute atomic E-state index is 0.285. The van der Waals surface area contributed by atoms with Crippen molar-refractivity contribution >= 4 is 37.5 Å². The van der Waals surface area contributed by atoms with Gasteiger partial charge in [0.05, 0.1) is 21.6 Å². The molecule has 4 rings (SSSR count). The van der Waals surface area contributed by atoms with Crippen molar-refractivity contribution in [1.29, 1.82) is 0 Å². The highest BCUT2D eigenvalue weighted by molar-refractivity contribution is 7.92. The first-order valence-corrected chi connectivity index (χ1v) is 9.81. The standard InChI is InChI=1S/C21H18N2O2S/c1-14-11-12-20(15(2)13-14)26(24,25)23-21-16-7-3-5-9-18(16)22-19-10-6-4-8-17(19)21/h3-13H,1-2H3,(H,22,23). The van der Waals surface area contributed by atoms with Crippen LogP contribution in [0.4, 0.5) is 5.69 Å². The third-order valence-electron chi connectivity index (χ3n) is 4.44. The lowest BCUT2D eigenvalue weighted by Crippen LogP contribution is -2.15. The molecule has 0 fully saturated rings. The van der Waals surface area contributed by atoms with Crippen LogP contribution in [-0.4, -0.2) is 13.4 Å². The molecular weight excluding hydrogens is 344 g/mol. The number of nitrogens with one attached hydrogen (secondary N) is 1. The van der Waals surface area contributed by atoms with Gasteiger partial charge in [-0.05, 0) is 37.6 Å². The Morgan fingerprint density at radius 3 is 1.96 bits per heavy atom. The molecule has 0 unspecified atom stereocenters. The number of para-hydroxylation sites is 2. The zero-order valence-corrected chi connectivity index (χ0v) is 15.3. The first kappa shape index (κ1) is 16.5. The fraction of sp³-hybridized carbons (Fsp3) is 0.0952. The van der Waals surface area contributed by atoms with Crippen LogP contribution < -0.4 is 4.72 Å². The summed E-state index contributed by atoms with van der Waals surface area (Å²) in [6.07, 6.45) is 0. The van der Waals surface area contributed by atoms with Crippen LogP contribution in [0.2, 0.25) is 0 Å². The predicted octanol–water partition coefficient (Wildman–Crippen LogP) is 4.81. The van der Waals surface area contributed by atoms with Gasteiger partial charge in [-0.3, -0.25) is 4.72 Å². The number of hydrogen-bond donors (Lipinski definition) is 1. The number of nitrogens with zero attached hydrogens (tertiary/aromatic N) is 1. The summed E-state index contributed by atoms with van der Waals surface area (Å²) in [5, 5.41) is 1.55. The second kappa shape index (κ2) is 6.11. The number of aryl methyl sites for hydroxylation is 2. The topological polar surface area (TPSA) is 59.1 Å². The molecule has 1 N–H and O–H groups in total. The number of sulfonamides is 1. The Morgan fingerprint density at radius 2 is 1.38 bits per heavy atom. The van der Waals surface area contributed by atoms with Gasteiger partial charge in [-0.2, -0.15) is 0 Å². The normalized spacial score (nSPS) is 11.8. The highest BCUT2D eigenvalue weighted by Crippen LogP contribution is 2.32. The van der Waals surface area contributed by atoms with E-state index in [0.29, 0.717) is 5.69 Å². The monoisotopic (exact) mass is 362 g/mol. The van der Waals surface area contributed by atoms with Gasteiger partial charge in [0.1, 0.15) is 0 Å². The molecule has 0 aliphatic heterocycles. The van der Waals surface area contributed by atoms with E-state index >= 15 is 0 Å². The molecule has 0 amide bonds. The van der Waals surface area contributed by atoms with E-state index in [1.54, 1.807) is 6.07 Å². The van der Waals surface area contributed by atoms with Gasteiger partial charge in [0.2, 0.25) is 0 Å². The van der Waals surface area contributed by atoms with Crippen LogP contribution in [-0.2, 0) is 10.0 Å². The Morgan fingerprint density at radius 1 is 0.808 bits per heavy atom. The first-order valence-electron chi connectivity index (χ1n) is 8.33. The Hall–Kier alpha value is -2.92. The molecule has 4 aromatic rings. The number of aromatic nitrogens is 1. The molecule has 0 bridgehead atoms. The molecule has 0 aliphatic carbocycles. The summed E-state index contributed by atoms with van der Waals surface area (Å²) in [5.74, 6) is 0. The van der Waals surface area contributed by atoms with Crippen LogP contribution in [0.3, 0.4) is 0 Å². The van der Waals surface area contributed by atoms with Crippen LogP contribution in [0.25, 0.3) is 21.8 Å². The summed E-state index contributed by atoms with van der Waals surface area (Å²) >= 11 is 0. The molecule has 0 atom stereocenters. The largest absolute Gasteiger partial charge is 0.278 e. The van der Waals surface area contributed by atoms with E-state index in [4.69, 9.17) is 0 Å². The lowest BCUT2D eigenvalue weighted by molar-refractivity contribution is 0.600. The smallest absolute Gasteiger partial charge is 0.262 e. The lowest BCUT2D eigenvalue weighted by atomic mass is 10.1. The minimum atomic E-state index is -3.72. The van der Waals surface area contributed by atoms with E-state index in [1.807, 2.05) is 74.5 Å². The molecule has 0 radical (unpaired) electrons. The van der Waals surface area contributed by atoms with Crippen molar-refractivity contribution in [3.8, 4) is 0 Å². The Bertz CT molecular complexity index is 1190. The maximum Gasteiger partial charge on any atom is 0.262 e. The summed E-state index contributed by atoms with van der Waals surface area (Å²) in [7, 11) is -3.72. The molecule has 5 heteroatoms. The van der Waals surface area contributed by atoms with Gasteiger partial charge in [0.25, 0.3) is 10.0 Å². The number of rotatable bonds is 3. The van der Waals surface area contributed by atoms with Crippen molar-refractivity contribution in [2.45, 2.75) is 18.7 Å². The van der Waals surface area contributed by atoms with Crippen molar-refractivity contribution < 1.29 is 8.42 Å². The van der Waals surface area contributed by atoms with Gasteiger partial charge in [-0.15, -0.1) is 0 Å². The Kier molecular flexibility index (Phi) is 3.89. The van der Waals surface area contributed by atoms with Crippen LogP contribution >= 0.6 is 0 Å². The van der Waals surface area contributed by atoms with Crippen LogP contribution in [0.15, 0.2) is 71.6 Å². The SMILES string of the molecule is Cc1ccc(S(=O)(=O)Nc2c3ccccc3nc3ccccc23)c(C)c1. The van der Waals surface area contributed by atoms with Gasteiger partial charge in [0.15, 0.2) is 0 Å². The number of pyridine rings is 1. The van der Waals surface area contributed by atoms with Crippen molar-refractivity contribution in [3.63, 3.8) is 0 Å². The second-order valence-electron chi connectivity index (χ2n) is 6.40.